The predicted molar refractivity (Wildman–Crippen MR) is 80.1 cm³/mol. The van der Waals surface area contributed by atoms with Gasteiger partial charge in [-0.2, -0.15) is 4.98 Å². The monoisotopic (exact) mass is 288 g/mol. The third kappa shape index (κ3) is 2.89. The first-order valence-corrected chi connectivity index (χ1v) is 6.95. The number of fused-ring (bicyclic) bond motifs is 1. The van der Waals surface area contributed by atoms with Crippen LogP contribution in [0.3, 0.4) is 0 Å². The highest BCUT2D eigenvalue weighted by molar-refractivity contribution is 5.50. The van der Waals surface area contributed by atoms with E-state index in [1.807, 2.05) is 24.1 Å². The van der Waals surface area contributed by atoms with Crippen molar-refractivity contribution in [3.05, 3.63) is 52.2 Å². The summed E-state index contributed by atoms with van der Waals surface area (Å²) in [6, 6.07) is 8.22. The van der Waals surface area contributed by atoms with Gasteiger partial charge in [0.25, 0.3) is 0 Å². The average Bonchev–Trinajstić information content (AvgIpc) is 2.46. The molecule has 1 aliphatic heterocycles. The fourth-order valence-electron chi connectivity index (χ4n) is 2.53. The first-order chi connectivity index (χ1) is 10.1. The molecule has 0 aliphatic carbocycles. The highest BCUT2D eigenvalue weighted by Gasteiger charge is 2.16. The molecule has 1 aromatic heterocycles. The molecule has 1 aromatic carbocycles. The number of rotatable bonds is 3. The van der Waals surface area contributed by atoms with Gasteiger partial charge in [0.2, 0.25) is 0 Å². The molecule has 21 heavy (non-hydrogen) atoms. The summed E-state index contributed by atoms with van der Waals surface area (Å²) in [5.41, 5.74) is 0.559. The minimum absolute atomic E-state index is 0.249. The number of nitrogens with one attached hydrogen (secondary N) is 1. The first-order valence-electron chi connectivity index (χ1n) is 6.95. The van der Waals surface area contributed by atoms with Crippen LogP contribution in [-0.4, -0.2) is 23.1 Å². The summed E-state index contributed by atoms with van der Waals surface area (Å²) in [6.07, 6.45) is 0.946. The SMILES string of the molecule is CN1CCCn2c1cc(NCc1cccc(F)c1)nc2=O. The highest BCUT2D eigenvalue weighted by atomic mass is 19.1. The van der Waals surface area contributed by atoms with Crippen LogP contribution < -0.4 is 15.9 Å². The van der Waals surface area contributed by atoms with Crippen molar-refractivity contribution in [1.82, 2.24) is 9.55 Å². The summed E-state index contributed by atoms with van der Waals surface area (Å²) in [5, 5.41) is 3.08. The standard InChI is InChI=1S/C15H17FN4O/c1-19-6-3-7-20-14(19)9-13(18-15(20)21)17-10-11-4-2-5-12(16)8-11/h2,4-5,8-9H,3,6-7,10H2,1H3,(H,17,18,21). The van der Waals surface area contributed by atoms with Gasteiger partial charge >= 0.3 is 5.69 Å². The largest absolute Gasteiger partial charge is 0.366 e. The second kappa shape index (κ2) is 5.55. The van der Waals surface area contributed by atoms with Crippen LogP contribution in [0, 0.1) is 5.82 Å². The predicted octanol–water partition coefficient (Wildman–Crippen LogP) is 1.83. The van der Waals surface area contributed by atoms with E-state index in [4.69, 9.17) is 0 Å². The molecule has 2 aromatic rings. The lowest BCUT2D eigenvalue weighted by Crippen LogP contribution is -2.36. The van der Waals surface area contributed by atoms with Crippen molar-refractivity contribution in [2.24, 2.45) is 0 Å². The van der Waals surface area contributed by atoms with Crippen molar-refractivity contribution in [3.63, 3.8) is 0 Å². The highest BCUT2D eigenvalue weighted by Crippen LogP contribution is 2.19. The molecule has 0 saturated carbocycles. The Labute approximate surface area is 122 Å². The van der Waals surface area contributed by atoms with E-state index in [1.165, 1.54) is 12.1 Å². The van der Waals surface area contributed by atoms with Crippen LogP contribution in [0.1, 0.15) is 12.0 Å². The van der Waals surface area contributed by atoms with E-state index in [0.29, 0.717) is 18.9 Å². The molecule has 0 spiro atoms. The summed E-state index contributed by atoms with van der Waals surface area (Å²) in [6.45, 7) is 2.06. The van der Waals surface area contributed by atoms with Crippen LogP contribution in [-0.2, 0) is 13.1 Å². The molecule has 0 radical (unpaired) electrons. The van der Waals surface area contributed by atoms with E-state index in [2.05, 4.69) is 10.3 Å². The van der Waals surface area contributed by atoms with Gasteiger partial charge in [-0.05, 0) is 24.1 Å². The maximum atomic E-state index is 13.1. The molecule has 0 saturated heterocycles. The summed E-state index contributed by atoms with van der Waals surface area (Å²) in [5.74, 6) is 1.11. The smallest absolute Gasteiger partial charge is 0.351 e. The van der Waals surface area contributed by atoms with Crippen LogP contribution in [0.4, 0.5) is 16.0 Å². The Morgan fingerprint density at radius 3 is 3.00 bits per heavy atom. The zero-order chi connectivity index (χ0) is 14.8. The Morgan fingerprint density at radius 2 is 2.19 bits per heavy atom. The van der Waals surface area contributed by atoms with E-state index in [-0.39, 0.29) is 11.5 Å². The van der Waals surface area contributed by atoms with Crippen LogP contribution in [0.15, 0.2) is 35.1 Å². The van der Waals surface area contributed by atoms with Gasteiger partial charge < -0.3 is 10.2 Å². The Morgan fingerprint density at radius 1 is 1.33 bits per heavy atom. The molecule has 110 valence electrons. The van der Waals surface area contributed by atoms with Crippen LogP contribution in [0.25, 0.3) is 0 Å². The van der Waals surface area contributed by atoms with Crippen molar-refractivity contribution in [3.8, 4) is 0 Å². The number of benzene rings is 1. The second-order valence-corrected chi connectivity index (χ2v) is 5.19. The normalized spacial score (nSPS) is 13.9. The summed E-state index contributed by atoms with van der Waals surface area (Å²) in [7, 11) is 1.96. The number of hydrogen-bond acceptors (Lipinski definition) is 4. The average molecular weight is 288 g/mol. The Kier molecular flexibility index (Phi) is 3.60. The van der Waals surface area contributed by atoms with E-state index >= 15 is 0 Å². The van der Waals surface area contributed by atoms with Crippen LogP contribution >= 0.6 is 0 Å². The number of halogens is 1. The van der Waals surface area contributed by atoms with Gasteiger partial charge in [0.1, 0.15) is 17.5 Å². The van der Waals surface area contributed by atoms with Gasteiger partial charge in [0.05, 0.1) is 0 Å². The van der Waals surface area contributed by atoms with E-state index in [9.17, 15) is 9.18 Å². The molecule has 0 bridgehead atoms. The first kappa shape index (κ1) is 13.6. The van der Waals surface area contributed by atoms with Crippen molar-refractivity contribution in [1.29, 1.82) is 0 Å². The molecule has 2 heterocycles. The lowest BCUT2D eigenvalue weighted by molar-refractivity contribution is 0.555. The summed E-state index contributed by atoms with van der Waals surface area (Å²) < 4.78 is 14.8. The maximum Gasteiger partial charge on any atom is 0.351 e. The van der Waals surface area contributed by atoms with Gasteiger partial charge in [-0.15, -0.1) is 0 Å². The minimum Gasteiger partial charge on any atom is -0.366 e. The Hall–Kier alpha value is -2.37. The van der Waals surface area contributed by atoms with E-state index in [1.54, 1.807) is 10.6 Å². The Bertz CT molecular complexity index is 713. The quantitative estimate of drug-likeness (QED) is 0.936. The zero-order valence-corrected chi connectivity index (χ0v) is 11.8. The molecule has 0 unspecified atom stereocenters. The van der Waals surface area contributed by atoms with Gasteiger partial charge in [-0.1, -0.05) is 12.1 Å². The molecule has 5 nitrogen and oxygen atoms in total. The van der Waals surface area contributed by atoms with Crippen molar-refractivity contribution in [2.45, 2.75) is 19.5 Å². The molecular formula is C15H17FN4O. The molecule has 1 aliphatic rings. The lowest BCUT2D eigenvalue weighted by Gasteiger charge is -2.28. The second-order valence-electron chi connectivity index (χ2n) is 5.19. The van der Waals surface area contributed by atoms with E-state index in [0.717, 1.165) is 24.3 Å². The minimum atomic E-state index is -0.271. The summed E-state index contributed by atoms with van der Waals surface area (Å²) >= 11 is 0. The molecule has 0 amide bonds. The number of hydrogen-bond donors (Lipinski definition) is 1. The molecular weight excluding hydrogens is 271 g/mol. The zero-order valence-electron chi connectivity index (χ0n) is 11.8. The van der Waals surface area contributed by atoms with Crippen LogP contribution in [0.5, 0.6) is 0 Å². The van der Waals surface area contributed by atoms with Gasteiger partial charge in [0, 0.05) is 32.7 Å². The lowest BCUT2D eigenvalue weighted by atomic mass is 10.2. The number of aromatic nitrogens is 2. The van der Waals surface area contributed by atoms with Crippen molar-refractivity contribution in [2.75, 3.05) is 23.8 Å². The number of nitrogens with zero attached hydrogens (tertiary/aromatic N) is 3. The van der Waals surface area contributed by atoms with Crippen molar-refractivity contribution >= 4 is 11.6 Å². The Balaban J connectivity index is 1.82. The maximum absolute atomic E-state index is 13.1. The number of anilines is 2. The third-order valence-corrected chi connectivity index (χ3v) is 3.62. The van der Waals surface area contributed by atoms with Gasteiger partial charge in [-0.3, -0.25) is 4.57 Å². The molecule has 3 rings (SSSR count). The molecule has 6 heteroatoms. The van der Waals surface area contributed by atoms with Gasteiger partial charge in [0.15, 0.2) is 0 Å². The molecule has 1 N–H and O–H groups in total. The molecule has 0 atom stereocenters. The fourth-order valence-corrected chi connectivity index (χ4v) is 2.53. The van der Waals surface area contributed by atoms with Crippen LogP contribution in [0.2, 0.25) is 0 Å². The van der Waals surface area contributed by atoms with Gasteiger partial charge in [-0.25, -0.2) is 9.18 Å². The topological polar surface area (TPSA) is 50.2 Å². The fraction of sp³-hybridized carbons (Fsp3) is 0.333. The molecule has 0 fully saturated rings. The summed E-state index contributed by atoms with van der Waals surface area (Å²) in [4.78, 5) is 18.1. The van der Waals surface area contributed by atoms with Crippen molar-refractivity contribution < 1.29 is 4.39 Å². The van der Waals surface area contributed by atoms with E-state index < -0.39 is 0 Å². The third-order valence-electron chi connectivity index (χ3n) is 3.62.